The second-order valence-corrected chi connectivity index (χ2v) is 7.37. The maximum absolute atomic E-state index is 7.23. The SMILES string of the molecule is CCCCCCCCCCCCOCCCCCCCC.OP(O)O. The molecule has 0 aromatic rings. The molecule has 0 saturated heterocycles. The van der Waals surface area contributed by atoms with Crippen molar-refractivity contribution in [3.8, 4) is 0 Å². The highest BCUT2D eigenvalue weighted by Gasteiger charge is 1.94. The van der Waals surface area contributed by atoms with Gasteiger partial charge in [0.15, 0.2) is 0 Å². The Morgan fingerprint density at radius 3 is 1.00 bits per heavy atom. The molecular formula is C20H45O4P. The minimum absolute atomic E-state index is 0.990. The molecule has 0 unspecified atom stereocenters. The second kappa shape index (κ2) is 26.5. The van der Waals surface area contributed by atoms with Crippen LogP contribution in [0.25, 0.3) is 0 Å². The van der Waals surface area contributed by atoms with Crippen LogP contribution in [-0.2, 0) is 4.74 Å². The van der Waals surface area contributed by atoms with Crippen LogP contribution in [0.3, 0.4) is 0 Å². The lowest BCUT2D eigenvalue weighted by Crippen LogP contribution is -1.97. The maximum Gasteiger partial charge on any atom is 0.324 e. The molecule has 0 aliphatic heterocycles. The molecule has 0 amide bonds. The van der Waals surface area contributed by atoms with Crippen molar-refractivity contribution >= 4 is 8.60 Å². The summed E-state index contributed by atoms with van der Waals surface area (Å²) in [6.07, 6.45) is 22.2. The van der Waals surface area contributed by atoms with Crippen LogP contribution < -0.4 is 0 Å². The van der Waals surface area contributed by atoms with E-state index in [-0.39, 0.29) is 0 Å². The van der Waals surface area contributed by atoms with Crippen molar-refractivity contribution in [1.29, 1.82) is 0 Å². The third kappa shape index (κ3) is 36.1. The Labute approximate surface area is 158 Å². The summed E-state index contributed by atoms with van der Waals surface area (Å²) in [6.45, 7) is 6.54. The van der Waals surface area contributed by atoms with Gasteiger partial charge in [-0.25, -0.2) is 0 Å². The van der Waals surface area contributed by atoms with Crippen molar-refractivity contribution < 1.29 is 19.4 Å². The molecule has 0 atom stereocenters. The zero-order valence-electron chi connectivity index (χ0n) is 16.9. The summed E-state index contributed by atoms with van der Waals surface area (Å²) in [5.74, 6) is 0. The van der Waals surface area contributed by atoms with Crippen LogP contribution >= 0.6 is 8.60 Å². The summed E-state index contributed by atoms with van der Waals surface area (Å²) in [5.41, 5.74) is 0. The molecule has 0 aromatic carbocycles. The van der Waals surface area contributed by atoms with E-state index in [1.807, 2.05) is 0 Å². The van der Waals surface area contributed by atoms with Crippen LogP contribution in [0.15, 0.2) is 0 Å². The fourth-order valence-electron chi connectivity index (χ4n) is 2.78. The zero-order valence-corrected chi connectivity index (χ0v) is 17.8. The topological polar surface area (TPSA) is 69.9 Å². The summed E-state index contributed by atoms with van der Waals surface area (Å²) in [5, 5.41) is 0. The van der Waals surface area contributed by atoms with Gasteiger partial charge in [-0.1, -0.05) is 104 Å². The summed E-state index contributed by atoms with van der Waals surface area (Å²) < 4.78 is 5.71. The van der Waals surface area contributed by atoms with Gasteiger partial charge in [0.2, 0.25) is 0 Å². The van der Waals surface area contributed by atoms with Gasteiger partial charge < -0.3 is 19.4 Å². The molecule has 3 N–H and O–H groups in total. The second-order valence-electron chi connectivity index (χ2n) is 6.83. The number of hydrogen-bond acceptors (Lipinski definition) is 4. The molecule has 154 valence electrons. The van der Waals surface area contributed by atoms with Gasteiger partial charge >= 0.3 is 8.60 Å². The molecule has 0 radical (unpaired) electrons. The first-order valence-electron chi connectivity index (χ1n) is 10.6. The average molecular weight is 381 g/mol. The minimum Gasteiger partial charge on any atom is -0.381 e. The van der Waals surface area contributed by atoms with Gasteiger partial charge in [-0.3, -0.25) is 0 Å². The van der Waals surface area contributed by atoms with E-state index in [1.165, 1.54) is 103 Å². The molecule has 0 fully saturated rings. The quantitative estimate of drug-likeness (QED) is 0.188. The normalized spacial score (nSPS) is 10.8. The molecule has 0 spiro atoms. The fraction of sp³-hybridized carbons (Fsp3) is 1.00. The Kier molecular flexibility index (Phi) is 29.1. The van der Waals surface area contributed by atoms with Crippen molar-refractivity contribution in [3.05, 3.63) is 0 Å². The lowest BCUT2D eigenvalue weighted by molar-refractivity contribution is 0.125. The van der Waals surface area contributed by atoms with Crippen molar-refractivity contribution in [2.45, 2.75) is 117 Å². The van der Waals surface area contributed by atoms with Crippen LogP contribution in [0.5, 0.6) is 0 Å². The molecule has 0 aromatic heterocycles. The minimum atomic E-state index is -2.62. The summed E-state index contributed by atoms with van der Waals surface area (Å²) in [7, 11) is -2.62. The molecule has 5 heteroatoms. The van der Waals surface area contributed by atoms with Crippen molar-refractivity contribution in [2.24, 2.45) is 0 Å². The lowest BCUT2D eigenvalue weighted by Gasteiger charge is -2.05. The molecule has 0 bridgehead atoms. The first-order valence-corrected chi connectivity index (χ1v) is 11.8. The Bertz CT molecular complexity index is 195. The molecule has 4 nitrogen and oxygen atoms in total. The van der Waals surface area contributed by atoms with E-state index < -0.39 is 8.60 Å². The summed E-state index contributed by atoms with van der Waals surface area (Å²) in [6, 6.07) is 0. The van der Waals surface area contributed by atoms with Crippen molar-refractivity contribution in [3.63, 3.8) is 0 Å². The third-order valence-corrected chi connectivity index (χ3v) is 4.28. The Hall–Kier alpha value is 0.270. The van der Waals surface area contributed by atoms with E-state index in [9.17, 15) is 0 Å². The van der Waals surface area contributed by atoms with Crippen LogP contribution in [0.2, 0.25) is 0 Å². The standard InChI is InChI=1S/C20H42O.H3O3P/c1-3-5-7-9-11-12-13-14-16-18-20-21-19-17-15-10-8-6-4-2;1-4(2)3/h3-20H2,1-2H3;1-3H. The van der Waals surface area contributed by atoms with E-state index in [4.69, 9.17) is 19.4 Å². The number of rotatable bonds is 18. The highest BCUT2D eigenvalue weighted by atomic mass is 31.2. The predicted molar refractivity (Wildman–Crippen MR) is 110 cm³/mol. The highest BCUT2D eigenvalue weighted by molar-refractivity contribution is 7.38. The van der Waals surface area contributed by atoms with E-state index in [0.29, 0.717) is 0 Å². The van der Waals surface area contributed by atoms with Gasteiger partial charge in [0, 0.05) is 13.2 Å². The molecule has 0 aliphatic carbocycles. The van der Waals surface area contributed by atoms with Gasteiger partial charge in [0.05, 0.1) is 0 Å². The van der Waals surface area contributed by atoms with Gasteiger partial charge in [0.25, 0.3) is 0 Å². The smallest absolute Gasteiger partial charge is 0.324 e. The molecule has 0 saturated carbocycles. The van der Waals surface area contributed by atoms with Crippen LogP contribution in [0.4, 0.5) is 0 Å². The van der Waals surface area contributed by atoms with Crippen molar-refractivity contribution in [1.82, 2.24) is 0 Å². The molecule has 0 rings (SSSR count). The van der Waals surface area contributed by atoms with Gasteiger partial charge in [-0.05, 0) is 12.8 Å². The average Bonchev–Trinajstić information content (AvgIpc) is 2.57. The zero-order chi connectivity index (χ0) is 19.0. The van der Waals surface area contributed by atoms with Gasteiger partial charge in [0.1, 0.15) is 0 Å². The Balaban J connectivity index is 0. The number of hydrogen-bond donors (Lipinski definition) is 3. The van der Waals surface area contributed by atoms with E-state index >= 15 is 0 Å². The van der Waals surface area contributed by atoms with Gasteiger partial charge in [-0.15, -0.1) is 0 Å². The first-order chi connectivity index (χ1) is 12.1. The Morgan fingerprint density at radius 1 is 0.480 bits per heavy atom. The third-order valence-electron chi connectivity index (χ3n) is 4.28. The van der Waals surface area contributed by atoms with Crippen LogP contribution in [-0.4, -0.2) is 27.9 Å². The molecule has 25 heavy (non-hydrogen) atoms. The number of ether oxygens (including phenoxy) is 1. The predicted octanol–water partition coefficient (Wildman–Crippen LogP) is 6.47. The van der Waals surface area contributed by atoms with Gasteiger partial charge in [-0.2, -0.15) is 0 Å². The Morgan fingerprint density at radius 2 is 0.720 bits per heavy atom. The highest BCUT2D eigenvalue weighted by Crippen LogP contribution is 2.12. The van der Waals surface area contributed by atoms with Crippen molar-refractivity contribution in [2.75, 3.05) is 13.2 Å². The number of unbranched alkanes of at least 4 members (excludes halogenated alkanes) is 14. The van der Waals surface area contributed by atoms with E-state index in [1.54, 1.807) is 0 Å². The van der Waals surface area contributed by atoms with Crippen LogP contribution in [0, 0.1) is 0 Å². The molecule has 0 aliphatic rings. The maximum atomic E-state index is 7.23. The largest absolute Gasteiger partial charge is 0.381 e. The monoisotopic (exact) mass is 380 g/mol. The van der Waals surface area contributed by atoms with Crippen LogP contribution in [0.1, 0.15) is 117 Å². The molecular weight excluding hydrogens is 335 g/mol. The molecule has 0 heterocycles. The van der Waals surface area contributed by atoms with E-state index in [2.05, 4.69) is 13.8 Å². The fourth-order valence-corrected chi connectivity index (χ4v) is 2.78. The van der Waals surface area contributed by atoms with E-state index in [0.717, 1.165) is 13.2 Å². The lowest BCUT2D eigenvalue weighted by atomic mass is 10.1. The first kappa shape index (κ1) is 27.5. The summed E-state index contributed by atoms with van der Waals surface area (Å²) in [4.78, 5) is 21.7. The summed E-state index contributed by atoms with van der Waals surface area (Å²) >= 11 is 0.